The monoisotopic (exact) mass is 405 g/mol. The zero-order valence-corrected chi connectivity index (χ0v) is 15.8. The fraction of sp³-hybridized carbons (Fsp3) is 0.556. The van der Waals surface area contributed by atoms with E-state index in [1.807, 2.05) is 0 Å². The minimum absolute atomic E-state index is 0. The van der Waals surface area contributed by atoms with Gasteiger partial charge in [0.25, 0.3) is 5.91 Å². The summed E-state index contributed by atoms with van der Waals surface area (Å²) >= 11 is 0. The summed E-state index contributed by atoms with van der Waals surface area (Å²) in [7, 11) is 1.78. The number of carbonyl (C=O) groups excluding carboxylic acids is 2. The van der Waals surface area contributed by atoms with Crippen LogP contribution in [0.1, 0.15) is 41.6 Å². The van der Waals surface area contributed by atoms with Gasteiger partial charge in [-0.1, -0.05) is 0 Å². The highest BCUT2D eigenvalue weighted by Crippen LogP contribution is 2.35. The molecule has 150 valence electrons. The maximum atomic E-state index is 13.3. The van der Waals surface area contributed by atoms with E-state index in [0.29, 0.717) is 32.5 Å². The van der Waals surface area contributed by atoms with E-state index in [0.717, 1.165) is 25.0 Å². The molecule has 2 heterocycles. The standard InChI is InChI=1S/C18H22F3N3O2.ClH/c1-22-11-14-4-2-7-24(14)17(26)12-8-13(18(19,20)21)10-15(9-12)23-6-3-5-16(23)25;/h8-10,14,22H,2-7,11H2,1H3;1H. The van der Waals surface area contributed by atoms with Gasteiger partial charge in [0.05, 0.1) is 5.56 Å². The zero-order valence-electron chi connectivity index (χ0n) is 15.0. The third kappa shape index (κ3) is 4.55. The number of benzene rings is 1. The van der Waals surface area contributed by atoms with E-state index in [1.54, 1.807) is 11.9 Å². The number of hydrogen-bond acceptors (Lipinski definition) is 3. The Hall–Kier alpha value is -1.80. The number of hydrogen-bond donors (Lipinski definition) is 1. The molecule has 27 heavy (non-hydrogen) atoms. The molecule has 0 spiro atoms. The lowest BCUT2D eigenvalue weighted by molar-refractivity contribution is -0.137. The summed E-state index contributed by atoms with van der Waals surface area (Å²) in [6, 6.07) is 3.23. The third-order valence-electron chi connectivity index (χ3n) is 4.95. The number of carbonyl (C=O) groups is 2. The predicted molar refractivity (Wildman–Crippen MR) is 98.3 cm³/mol. The van der Waals surface area contributed by atoms with Crippen molar-refractivity contribution in [2.75, 3.05) is 31.6 Å². The number of nitrogens with zero attached hydrogens (tertiary/aromatic N) is 2. The number of halogens is 4. The van der Waals surface area contributed by atoms with Crippen molar-refractivity contribution in [2.45, 2.75) is 37.9 Å². The lowest BCUT2D eigenvalue weighted by Gasteiger charge is -2.26. The fourth-order valence-corrected chi connectivity index (χ4v) is 3.69. The molecule has 0 aliphatic carbocycles. The topological polar surface area (TPSA) is 52.7 Å². The second kappa shape index (κ2) is 8.48. The SMILES string of the molecule is CNCC1CCCN1C(=O)c1cc(N2CCCC2=O)cc(C(F)(F)F)c1.Cl. The molecule has 0 saturated carbocycles. The van der Waals surface area contributed by atoms with Gasteiger partial charge < -0.3 is 15.1 Å². The summed E-state index contributed by atoms with van der Waals surface area (Å²) in [4.78, 5) is 27.8. The Morgan fingerprint density at radius 1 is 1.22 bits per heavy atom. The molecule has 2 saturated heterocycles. The number of rotatable bonds is 4. The molecule has 2 fully saturated rings. The van der Waals surface area contributed by atoms with Crippen molar-refractivity contribution in [3.63, 3.8) is 0 Å². The molecular formula is C18H23ClF3N3O2. The van der Waals surface area contributed by atoms with Crippen molar-refractivity contribution in [1.82, 2.24) is 10.2 Å². The highest BCUT2D eigenvalue weighted by molar-refractivity contribution is 5.99. The number of likely N-dealkylation sites (N-methyl/N-ethyl adjacent to an activating group) is 1. The number of likely N-dealkylation sites (tertiary alicyclic amines) is 1. The molecule has 1 aromatic rings. The zero-order chi connectivity index (χ0) is 18.9. The van der Waals surface area contributed by atoms with Gasteiger partial charge in [-0.3, -0.25) is 9.59 Å². The van der Waals surface area contributed by atoms with Gasteiger partial charge in [0.2, 0.25) is 5.91 Å². The molecule has 9 heteroatoms. The highest BCUT2D eigenvalue weighted by atomic mass is 35.5. The Bertz CT molecular complexity index is 712. The van der Waals surface area contributed by atoms with Crippen molar-refractivity contribution in [1.29, 1.82) is 0 Å². The van der Waals surface area contributed by atoms with Crippen molar-refractivity contribution in [3.8, 4) is 0 Å². The lowest BCUT2D eigenvalue weighted by atomic mass is 10.1. The van der Waals surface area contributed by atoms with Crippen LogP contribution in [0.2, 0.25) is 0 Å². The van der Waals surface area contributed by atoms with E-state index < -0.39 is 17.6 Å². The Balaban J connectivity index is 0.00000261. The van der Waals surface area contributed by atoms with Crippen LogP contribution < -0.4 is 10.2 Å². The summed E-state index contributed by atoms with van der Waals surface area (Å²) in [5.41, 5.74) is -0.769. The van der Waals surface area contributed by atoms with Crippen LogP contribution in [0.3, 0.4) is 0 Å². The van der Waals surface area contributed by atoms with Crippen LogP contribution in [0.4, 0.5) is 18.9 Å². The molecule has 0 bridgehead atoms. The molecule has 5 nitrogen and oxygen atoms in total. The second-order valence-electron chi connectivity index (χ2n) is 6.77. The Kier molecular flexibility index (Phi) is 6.75. The molecule has 1 unspecified atom stereocenters. The van der Waals surface area contributed by atoms with Crippen LogP contribution in [0, 0.1) is 0 Å². The Morgan fingerprint density at radius 2 is 1.96 bits per heavy atom. The Morgan fingerprint density at radius 3 is 2.56 bits per heavy atom. The molecule has 0 aromatic heterocycles. The van der Waals surface area contributed by atoms with E-state index in [2.05, 4.69) is 5.32 Å². The molecular weight excluding hydrogens is 383 g/mol. The Labute approximate surface area is 162 Å². The van der Waals surface area contributed by atoms with Crippen LogP contribution in [0.15, 0.2) is 18.2 Å². The van der Waals surface area contributed by atoms with Gasteiger partial charge in [-0.15, -0.1) is 12.4 Å². The second-order valence-corrected chi connectivity index (χ2v) is 6.77. The van der Waals surface area contributed by atoms with E-state index in [4.69, 9.17) is 0 Å². The first-order valence-corrected chi connectivity index (χ1v) is 8.79. The number of nitrogens with one attached hydrogen (secondary N) is 1. The van der Waals surface area contributed by atoms with E-state index in [1.165, 1.54) is 11.0 Å². The first-order valence-electron chi connectivity index (χ1n) is 8.79. The van der Waals surface area contributed by atoms with Gasteiger partial charge in [-0.25, -0.2) is 0 Å². The number of alkyl halides is 3. The van der Waals surface area contributed by atoms with Gasteiger partial charge in [-0.05, 0) is 44.5 Å². The normalized spacial score (nSPS) is 20.1. The number of amides is 2. The largest absolute Gasteiger partial charge is 0.416 e. The first-order chi connectivity index (χ1) is 12.3. The fourth-order valence-electron chi connectivity index (χ4n) is 3.69. The minimum atomic E-state index is -4.58. The molecule has 0 radical (unpaired) electrons. The minimum Gasteiger partial charge on any atom is -0.334 e. The maximum Gasteiger partial charge on any atom is 0.416 e. The summed E-state index contributed by atoms with van der Waals surface area (Å²) in [5.74, 6) is -0.626. The van der Waals surface area contributed by atoms with Crippen molar-refractivity contribution >= 4 is 29.9 Å². The molecule has 2 amide bonds. The van der Waals surface area contributed by atoms with Crippen LogP contribution in [-0.2, 0) is 11.0 Å². The summed E-state index contributed by atoms with van der Waals surface area (Å²) < 4.78 is 40.0. The molecule has 1 N–H and O–H groups in total. The number of anilines is 1. The molecule has 1 aromatic carbocycles. The van der Waals surface area contributed by atoms with Gasteiger partial charge in [0.1, 0.15) is 0 Å². The predicted octanol–water partition coefficient (Wildman–Crippen LogP) is 3.08. The summed E-state index contributed by atoms with van der Waals surface area (Å²) in [6.45, 7) is 1.50. The van der Waals surface area contributed by atoms with E-state index in [-0.39, 0.29) is 35.6 Å². The average Bonchev–Trinajstić information content (AvgIpc) is 3.22. The summed E-state index contributed by atoms with van der Waals surface area (Å²) in [5, 5.41) is 3.02. The molecule has 1 atom stereocenters. The van der Waals surface area contributed by atoms with Crippen LogP contribution in [0.25, 0.3) is 0 Å². The van der Waals surface area contributed by atoms with Crippen LogP contribution in [-0.4, -0.2) is 49.4 Å². The lowest BCUT2D eigenvalue weighted by Crippen LogP contribution is -2.41. The molecule has 2 aliphatic rings. The van der Waals surface area contributed by atoms with Gasteiger partial charge >= 0.3 is 6.18 Å². The van der Waals surface area contributed by atoms with Gasteiger partial charge in [0, 0.05) is 43.3 Å². The quantitative estimate of drug-likeness (QED) is 0.837. The van der Waals surface area contributed by atoms with E-state index in [9.17, 15) is 22.8 Å². The maximum absolute atomic E-state index is 13.3. The van der Waals surface area contributed by atoms with Gasteiger partial charge in [0.15, 0.2) is 0 Å². The van der Waals surface area contributed by atoms with Crippen LogP contribution in [0.5, 0.6) is 0 Å². The first kappa shape index (κ1) is 21.5. The molecule has 3 rings (SSSR count). The van der Waals surface area contributed by atoms with Crippen molar-refractivity contribution < 1.29 is 22.8 Å². The van der Waals surface area contributed by atoms with Crippen molar-refractivity contribution in [2.24, 2.45) is 0 Å². The average molecular weight is 406 g/mol. The smallest absolute Gasteiger partial charge is 0.334 e. The highest BCUT2D eigenvalue weighted by Gasteiger charge is 2.35. The van der Waals surface area contributed by atoms with Crippen molar-refractivity contribution in [3.05, 3.63) is 29.3 Å². The van der Waals surface area contributed by atoms with Gasteiger partial charge in [-0.2, -0.15) is 13.2 Å². The third-order valence-corrected chi connectivity index (χ3v) is 4.95. The molecule has 2 aliphatic heterocycles. The van der Waals surface area contributed by atoms with Crippen LogP contribution >= 0.6 is 12.4 Å². The van der Waals surface area contributed by atoms with E-state index >= 15 is 0 Å². The summed E-state index contributed by atoms with van der Waals surface area (Å²) in [6.07, 6.45) is -2.01.